The summed E-state index contributed by atoms with van der Waals surface area (Å²) in [5.74, 6) is 0. The maximum absolute atomic E-state index is 8.63. The Bertz CT molecular complexity index is 298. The van der Waals surface area contributed by atoms with Crippen LogP contribution in [0.15, 0.2) is 35.2 Å². The van der Waals surface area contributed by atoms with Gasteiger partial charge in [-0.25, -0.2) is 8.42 Å². The summed E-state index contributed by atoms with van der Waals surface area (Å²) >= 11 is 3.36. The second-order valence-electron chi connectivity index (χ2n) is 1.79. The van der Waals surface area contributed by atoms with Crippen molar-refractivity contribution in [3.63, 3.8) is 0 Å². The van der Waals surface area contributed by atoms with Crippen LogP contribution in [0.4, 0.5) is 0 Å². The minimum atomic E-state index is -4.92. The predicted octanol–water partition coefficient (Wildman–Crippen LogP) is 0.0616. The Hall–Kier alpha value is -0.560. The maximum Gasteiger partial charge on any atom is 0.215 e. The van der Waals surface area contributed by atoms with Crippen molar-refractivity contribution in [2.75, 3.05) is 0 Å². The molecule has 0 atom stereocenters. The average Bonchev–Trinajstić information content (AvgIpc) is 1.85. The second-order valence-corrected chi connectivity index (χ2v) is 3.23. The molecule has 1 N–H and O–H groups in total. The molecule has 0 aliphatic heterocycles. The monoisotopic (exact) mass is 208 g/mol. The highest BCUT2D eigenvalue weighted by Crippen LogP contribution is 1.92. The van der Waals surface area contributed by atoms with Gasteiger partial charge in [-0.3, -0.25) is 4.55 Å². The van der Waals surface area contributed by atoms with Crippen LogP contribution < -0.4 is 0 Å². The first kappa shape index (κ1) is 11.4. The van der Waals surface area contributed by atoms with E-state index in [0.29, 0.717) is 0 Å². The lowest BCUT2D eigenvalue weighted by Crippen LogP contribution is -1.90. The van der Waals surface area contributed by atoms with Gasteiger partial charge in [0.15, 0.2) is 0 Å². The third-order valence-corrected chi connectivity index (χ3v) is 1.11. The van der Waals surface area contributed by atoms with E-state index in [4.69, 9.17) is 17.5 Å². The zero-order valence-electron chi connectivity index (χ0n) is 5.97. The molecule has 0 spiro atoms. The molecule has 1 aromatic carbocycles. The van der Waals surface area contributed by atoms with Crippen LogP contribution in [0.3, 0.4) is 0 Å². The molecule has 0 unspecified atom stereocenters. The van der Waals surface area contributed by atoms with Crippen LogP contribution in [0.2, 0.25) is 0 Å². The van der Waals surface area contributed by atoms with Crippen molar-refractivity contribution >= 4 is 23.0 Å². The molecule has 0 fully saturated rings. The highest BCUT2D eigenvalue weighted by Gasteiger charge is 1.80. The Morgan fingerprint density at radius 2 is 1.58 bits per heavy atom. The Kier molecular flexibility index (Phi) is 4.91. The zero-order valence-corrected chi connectivity index (χ0v) is 7.78. The second kappa shape index (κ2) is 5.15. The number of rotatable bonds is 0. The Morgan fingerprint density at radius 1 is 1.25 bits per heavy atom. The highest BCUT2D eigenvalue weighted by molar-refractivity contribution is 7.79. The van der Waals surface area contributed by atoms with Gasteiger partial charge >= 0.3 is 0 Å². The molecule has 0 bridgehead atoms. The topological polar surface area (TPSA) is 77.4 Å². The molecule has 0 heterocycles. The van der Waals surface area contributed by atoms with Gasteiger partial charge in [0.2, 0.25) is 10.4 Å². The van der Waals surface area contributed by atoms with Crippen molar-refractivity contribution in [3.05, 3.63) is 30.3 Å². The fraction of sp³-hybridized carbons (Fsp3) is 0. The van der Waals surface area contributed by atoms with Crippen molar-refractivity contribution < 1.29 is 17.5 Å². The smallest absolute Gasteiger partial charge is 0.215 e. The van der Waals surface area contributed by atoms with Crippen molar-refractivity contribution in [1.29, 1.82) is 0 Å². The summed E-state index contributed by atoms with van der Waals surface area (Å²) < 4.78 is 32.8. The van der Waals surface area contributed by atoms with E-state index in [9.17, 15) is 0 Å². The molecule has 12 heavy (non-hydrogen) atoms. The van der Waals surface area contributed by atoms with Crippen LogP contribution in [0, 0.1) is 0 Å². The standard InChI is InChI=1S/C6H6S.H2O4S/c7-6-4-2-1-3-5-6;1-5(2,3)4/h1-5,7H;(H2,1,2,3,4). The number of benzene rings is 1. The van der Waals surface area contributed by atoms with E-state index < -0.39 is 10.4 Å². The van der Waals surface area contributed by atoms with Gasteiger partial charge in [-0.05, 0) is 24.8 Å². The number of hydrogen-bond donors (Lipinski definition) is 1. The Labute approximate surface area is 76.2 Å². The molecule has 1 aromatic rings. The van der Waals surface area contributed by atoms with Crippen molar-refractivity contribution in [2.24, 2.45) is 0 Å². The van der Waals surface area contributed by atoms with Gasteiger partial charge < -0.3 is 4.55 Å². The lowest BCUT2D eigenvalue weighted by molar-refractivity contribution is 0.366. The van der Waals surface area contributed by atoms with Crippen molar-refractivity contribution in [1.82, 2.24) is 0 Å². The highest BCUT2D eigenvalue weighted by atomic mass is 32.3. The summed E-state index contributed by atoms with van der Waals surface area (Å²) in [7, 11) is -4.92. The van der Waals surface area contributed by atoms with Crippen LogP contribution in [0.25, 0.3) is 0 Å². The van der Waals surface area contributed by atoms with E-state index in [2.05, 4.69) is 12.6 Å². The van der Waals surface area contributed by atoms with E-state index in [1.165, 1.54) is 0 Å². The fourth-order valence-corrected chi connectivity index (χ4v) is 0.631. The molecule has 1 rings (SSSR count). The lowest BCUT2D eigenvalue weighted by Gasteiger charge is -1.88. The molecule has 68 valence electrons. The van der Waals surface area contributed by atoms with Crippen LogP contribution in [-0.4, -0.2) is 17.5 Å². The van der Waals surface area contributed by atoms with Crippen LogP contribution in [-0.2, 0) is 23.0 Å². The summed E-state index contributed by atoms with van der Waals surface area (Å²) in [4.78, 5) is 1.13. The normalized spacial score (nSPS) is 9.92. The largest absolute Gasteiger partial charge is 0.726 e. The molecule has 0 saturated heterocycles. The van der Waals surface area contributed by atoms with E-state index >= 15 is 0 Å². The molecule has 0 saturated carbocycles. The number of hydrogen-bond acceptors (Lipinski definition) is 3. The van der Waals surface area contributed by atoms with E-state index in [0.717, 1.165) is 4.90 Å². The molecule has 6 heteroatoms. The Balaban J connectivity index is 0.000000217. The molecule has 0 amide bonds. The minimum Gasteiger partial charge on any atom is -0.726 e. The average molecular weight is 208 g/mol. The third kappa shape index (κ3) is 12.1. The quantitative estimate of drug-likeness (QED) is 0.371. The maximum atomic E-state index is 8.63. The summed E-state index contributed by atoms with van der Waals surface area (Å²) in [6, 6.07) is 9.96. The van der Waals surface area contributed by atoms with Gasteiger partial charge in [0.1, 0.15) is 4.90 Å². The first-order valence-electron chi connectivity index (χ1n) is 2.84. The molecule has 0 aromatic heterocycles. The van der Waals surface area contributed by atoms with Crippen LogP contribution in [0.1, 0.15) is 0 Å². The fourth-order valence-electron chi connectivity index (χ4n) is 0.438. The molecule has 0 aliphatic carbocycles. The zero-order chi connectivity index (χ0) is 9.61. The summed E-state index contributed by atoms with van der Waals surface area (Å²) in [6.07, 6.45) is 0. The van der Waals surface area contributed by atoms with Crippen LogP contribution >= 0.6 is 0 Å². The SMILES string of the molecule is O=S(=O)([O-])O.[SH2+]c1ccccc1. The van der Waals surface area contributed by atoms with E-state index in [1.807, 2.05) is 30.3 Å². The Morgan fingerprint density at radius 3 is 1.75 bits per heavy atom. The minimum absolute atomic E-state index is 1.13. The molecular weight excluding hydrogens is 200 g/mol. The third-order valence-electron chi connectivity index (χ3n) is 0.774. The van der Waals surface area contributed by atoms with E-state index in [-0.39, 0.29) is 0 Å². The first-order chi connectivity index (χ1) is 5.39. The summed E-state index contributed by atoms with van der Waals surface area (Å²) in [5.41, 5.74) is 0. The first-order valence-corrected chi connectivity index (χ1v) is 4.71. The van der Waals surface area contributed by atoms with Gasteiger partial charge in [-0.15, -0.1) is 0 Å². The van der Waals surface area contributed by atoms with Gasteiger partial charge in [0.05, 0.1) is 0 Å². The van der Waals surface area contributed by atoms with Crippen LogP contribution in [0.5, 0.6) is 0 Å². The van der Waals surface area contributed by atoms with E-state index in [1.54, 1.807) is 0 Å². The molecular formula is C6H8O4S2. The molecule has 4 nitrogen and oxygen atoms in total. The lowest BCUT2D eigenvalue weighted by atomic mass is 10.4. The summed E-state index contributed by atoms with van der Waals surface area (Å²) in [6.45, 7) is 0. The van der Waals surface area contributed by atoms with Gasteiger partial charge in [0.25, 0.3) is 0 Å². The summed E-state index contributed by atoms with van der Waals surface area (Å²) in [5, 5.41) is 0. The molecule has 0 radical (unpaired) electrons. The van der Waals surface area contributed by atoms with Gasteiger partial charge in [-0.2, -0.15) is 0 Å². The molecule has 0 aliphatic rings. The van der Waals surface area contributed by atoms with Gasteiger partial charge in [0, 0.05) is 0 Å². The predicted molar refractivity (Wildman–Crippen MR) is 47.2 cm³/mol. The van der Waals surface area contributed by atoms with Gasteiger partial charge in [-0.1, -0.05) is 18.2 Å². The van der Waals surface area contributed by atoms with Crippen molar-refractivity contribution in [2.45, 2.75) is 4.90 Å². The van der Waals surface area contributed by atoms with Crippen molar-refractivity contribution in [3.8, 4) is 0 Å².